The fraction of sp³-hybridized carbons (Fsp3) is 0.111. The lowest BCUT2D eigenvalue weighted by Gasteiger charge is -2.06. The molecular weight excluding hydrogens is 198 g/mol. The Labute approximate surface area is 85.9 Å². The molecule has 2 rings (SSSR count). The van der Waals surface area contributed by atoms with E-state index in [1.165, 1.54) is 6.26 Å². The number of nitrogens with one attached hydrogen (secondary N) is 2. The normalized spacial score (nSPS) is 13.5. The first-order valence-corrected chi connectivity index (χ1v) is 4.28. The summed E-state index contributed by atoms with van der Waals surface area (Å²) in [5, 5.41) is 0. The van der Waals surface area contributed by atoms with Crippen molar-refractivity contribution in [1.82, 2.24) is 10.4 Å². The van der Waals surface area contributed by atoms with Crippen molar-refractivity contribution in [2.75, 3.05) is 12.2 Å². The number of rotatable bonds is 3. The van der Waals surface area contributed by atoms with E-state index < -0.39 is 5.91 Å². The molecule has 2 heterocycles. The Bertz CT molecular complexity index is 377. The van der Waals surface area contributed by atoms with E-state index in [2.05, 4.69) is 15.8 Å². The summed E-state index contributed by atoms with van der Waals surface area (Å²) in [5.74, 6) is 0.280. The number of carbonyl (C=O) groups excluding carboxylic acids is 1. The van der Waals surface area contributed by atoms with E-state index in [1.54, 1.807) is 24.4 Å². The molecule has 2 N–H and O–H groups in total. The molecule has 6 nitrogen and oxygen atoms in total. The van der Waals surface area contributed by atoms with E-state index in [9.17, 15) is 4.79 Å². The number of carbonyl (C=O) groups is 1. The second kappa shape index (κ2) is 4.32. The van der Waals surface area contributed by atoms with Crippen molar-refractivity contribution < 1.29 is 14.3 Å². The first-order valence-electron chi connectivity index (χ1n) is 4.28. The summed E-state index contributed by atoms with van der Waals surface area (Å²) in [7, 11) is 0. The predicted octanol–water partition coefficient (Wildman–Crippen LogP) is 0.370. The van der Waals surface area contributed by atoms with Crippen molar-refractivity contribution in [2.24, 2.45) is 0 Å². The van der Waals surface area contributed by atoms with Crippen molar-refractivity contribution in [2.45, 2.75) is 0 Å². The minimum absolute atomic E-state index is 0.0757. The Balaban J connectivity index is 1.86. The van der Waals surface area contributed by atoms with Gasteiger partial charge in [-0.2, -0.15) is 0 Å². The first kappa shape index (κ1) is 9.32. The van der Waals surface area contributed by atoms with Gasteiger partial charge in [0.15, 0.2) is 0 Å². The van der Waals surface area contributed by atoms with Crippen LogP contribution in [0, 0.1) is 0 Å². The molecule has 1 amide bonds. The van der Waals surface area contributed by atoms with Gasteiger partial charge in [0, 0.05) is 6.20 Å². The monoisotopic (exact) mass is 207 g/mol. The second-order valence-electron chi connectivity index (χ2n) is 2.71. The van der Waals surface area contributed by atoms with E-state index in [0.29, 0.717) is 5.82 Å². The van der Waals surface area contributed by atoms with Gasteiger partial charge in [0.25, 0.3) is 0 Å². The third-order valence-electron chi connectivity index (χ3n) is 1.67. The van der Waals surface area contributed by atoms with Crippen LogP contribution < -0.4 is 10.9 Å². The fourth-order valence-corrected chi connectivity index (χ4v) is 0.979. The number of hydrogen-bond acceptors (Lipinski definition) is 5. The number of amides is 1. The van der Waals surface area contributed by atoms with Crippen LogP contribution in [-0.4, -0.2) is 17.7 Å². The van der Waals surface area contributed by atoms with Crippen LogP contribution in [0.5, 0.6) is 0 Å². The Morgan fingerprint density at radius 3 is 3.07 bits per heavy atom. The van der Waals surface area contributed by atoms with Crippen LogP contribution in [0.15, 0.2) is 36.4 Å². The molecule has 1 aromatic rings. The molecule has 0 atom stereocenters. The third-order valence-corrected chi connectivity index (χ3v) is 1.67. The average Bonchev–Trinajstić information content (AvgIpc) is 2.81. The number of anilines is 1. The van der Waals surface area contributed by atoms with E-state index >= 15 is 0 Å². The summed E-state index contributed by atoms with van der Waals surface area (Å²) in [5.41, 5.74) is 5.05. The molecule has 1 aliphatic rings. The molecule has 78 valence electrons. The second-order valence-corrected chi connectivity index (χ2v) is 2.71. The van der Waals surface area contributed by atoms with Crippen molar-refractivity contribution in [3.8, 4) is 0 Å². The molecular formula is C9H9N3O3. The van der Waals surface area contributed by atoms with E-state index in [1.807, 2.05) is 0 Å². The first-order chi connectivity index (χ1) is 7.36. The lowest BCUT2D eigenvalue weighted by atomic mass is 10.5. The topological polar surface area (TPSA) is 72.5 Å². The zero-order chi connectivity index (χ0) is 10.5. The Morgan fingerprint density at radius 1 is 1.47 bits per heavy atom. The lowest BCUT2D eigenvalue weighted by Crippen LogP contribution is -2.31. The van der Waals surface area contributed by atoms with Crippen LogP contribution >= 0.6 is 0 Å². The van der Waals surface area contributed by atoms with Crippen LogP contribution in [-0.2, 0) is 14.3 Å². The maximum absolute atomic E-state index is 11.3. The smallest absolute Gasteiger partial charge is 0.308 e. The van der Waals surface area contributed by atoms with Crippen LogP contribution in [0.2, 0.25) is 0 Å². The highest BCUT2D eigenvalue weighted by Crippen LogP contribution is 2.06. The minimum Gasteiger partial charge on any atom is -0.461 e. The van der Waals surface area contributed by atoms with Gasteiger partial charge in [-0.25, -0.2) is 4.98 Å². The molecule has 0 fully saturated rings. The van der Waals surface area contributed by atoms with Crippen molar-refractivity contribution >= 4 is 11.7 Å². The number of aromatic nitrogens is 1. The van der Waals surface area contributed by atoms with Gasteiger partial charge in [0.05, 0.1) is 0 Å². The quantitative estimate of drug-likeness (QED) is 0.700. The zero-order valence-corrected chi connectivity index (χ0v) is 7.77. The highest BCUT2D eigenvalue weighted by atomic mass is 16.7. The van der Waals surface area contributed by atoms with Gasteiger partial charge in [-0.05, 0) is 12.1 Å². The van der Waals surface area contributed by atoms with Crippen LogP contribution in [0.1, 0.15) is 0 Å². The molecule has 0 aromatic carbocycles. The molecule has 15 heavy (non-hydrogen) atoms. The van der Waals surface area contributed by atoms with Gasteiger partial charge in [-0.3, -0.25) is 15.6 Å². The third kappa shape index (κ3) is 2.37. The average molecular weight is 207 g/mol. The van der Waals surface area contributed by atoms with Gasteiger partial charge in [-0.15, -0.1) is 0 Å². The minimum atomic E-state index is -0.404. The number of nitrogens with zero attached hydrogens (tertiary/aromatic N) is 1. The van der Waals surface area contributed by atoms with Gasteiger partial charge in [0.2, 0.25) is 12.6 Å². The van der Waals surface area contributed by atoms with E-state index in [-0.39, 0.29) is 12.6 Å². The van der Waals surface area contributed by atoms with E-state index in [4.69, 9.17) is 9.47 Å². The zero-order valence-electron chi connectivity index (χ0n) is 7.77. The highest BCUT2D eigenvalue weighted by molar-refractivity contribution is 5.92. The van der Waals surface area contributed by atoms with Gasteiger partial charge >= 0.3 is 5.91 Å². The molecule has 1 aliphatic heterocycles. The summed E-state index contributed by atoms with van der Waals surface area (Å²) >= 11 is 0. The lowest BCUT2D eigenvalue weighted by molar-refractivity contribution is -0.120. The molecule has 0 aliphatic carbocycles. The molecule has 0 saturated heterocycles. The Kier molecular flexibility index (Phi) is 2.68. The molecule has 0 bridgehead atoms. The summed E-state index contributed by atoms with van der Waals surface area (Å²) < 4.78 is 9.61. The maximum atomic E-state index is 11.3. The molecule has 0 spiro atoms. The number of pyridine rings is 1. The molecule has 1 aromatic heterocycles. The highest BCUT2D eigenvalue weighted by Gasteiger charge is 2.15. The maximum Gasteiger partial charge on any atom is 0.308 e. The summed E-state index contributed by atoms with van der Waals surface area (Å²) in [6, 6.07) is 5.31. The Morgan fingerprint density at radius 2 is 2.40 bits per heavy atom. The standard InChI is InChI=1S/C9H9N3O3/c13-9(7-5-14-6-15-7)12-11-8-3-1-2-4-10-8/h1-5H,6H2,(H,10,11)(H,12,13). The largest absolute Gasteiger partial charge is 0.461 e. The van der Waals surface area contributed by atoms with Crippen LogP contribution in [0.25, 0.3) is 0 Å². The van der Waals surface area contributed by atoms with Crippen molar-refractivity contribution in [3.63, 3.8) is 0 Å². The van der Waals surface area contributed by atoms with Gasteiger partial charge in [-0.1, -0.05) is 6.07 Å². The fourth-order valence-electron chi connectivity index (χ4n) is 0.979. The van der Waals surface area contributed by atoms with Gasteiger partial charge in [0.1, 0.15) is 12.1 Å². The number of hydrazine groups is 1. The molecule has 6 heteroatoms. The molecule has 0 saturated carbocycles. The van der Waals surface area contributed by atoms with Crippen molar-refractivity contribution in [3.05, 3.63) is 36.4 Å². The van der Waals surface area contributed by atoms with Gasteiger partial charge < -0.3 is 9.47 Å². The summed E-state index contributed by atoms with van der Waals surface area (Å²) in [6.45, 7) is 0.0757. The predicted molar refractivity (Wildman–Crippen MR) is 51.1 cm³/mol. The molecule has 0 unspecified atom stereocenters. The van der Waals surface area contributed by atoms with Crippen LogP contribution in [0.4, 0.5) is 5.82 Å². The van der Waals surface area contributed by atoms with Crippen LogP contribution in [0.3, 0.4) is 0 Å². The summed E-state index contributed by atoms with van der Waals surface area (Å²) in [4.78, 5) is 15.3. The number of ether oxygens (including phenoxy) is 2. The van der Waals surface area contributed by atoms with Crippen molar-refractivity contribution in [1.29, 1.82) is 0 Å². The molecule has 0 radical (unpaired) electrons. The SMILES string of the molecule is O=C(NNc1ccccn1)C1=COCO1. The number of hydrogen-bond donors (Lipinski definition) is 2. The van der Waals surface area contributed by atoms with E-state index in [0.717, 1.165) is 0 Å². The Hall–Kier alpha value is -2.24. The summed E-state index contributed by atoms with van der Waals surface area (Å²) in [6.07, 6.45) is 2.87.